The van der Waals surface area contributed by atoms with Gasteiger partial charge < -0.3 is 15.5 Å². The molecule has 0 bridgehead atoms. The van der Waals surface area contributed by atoms with Gasteiger partial charge in [0.2, 0.25) is 0 Å². The lowest BCUT2D eigenvalue weighted by molar-refractivity contribution is 0.120. The smallest absolute Gasteiger partial charge is 0.191 e. The van der Waals surface area contributed by atoms with Crippen LogP contribution in [0.15, 0.2) is 4.99 Å². The van der Waals surface area contributed by atoms with E-state index in [1.807, 2.05) is 18.8 Å². The minimum Gasteiger partial charge on any atom is -0.356 e. The molecule has 2 N–H and O–H groups in total. The van der Waals surface area contributed by atoms with Crippen molar-refractivity contribution in [2.75, 3.05) is 65.4 Å². The first kappa shape index (κ1) is 18.6. The maximum absolute atomic E-state index is 4.30. The molecule has 0 radical (unpaired) electrons. The van der Waals surface area contributed by atoms with E-state index in [4.69, 9.17) is 0 Å². The first-order chi connectivity index (χ1) is 10.2. The Morgan fingerprint density at radius 2 is 1.90 bits per heavy atom. The third-order valence-electron chi connectivity index (χ3n) is 4.02. The van der Waals surface area contributed by atoms with E-state index >= 15 is 0 Å². The molecule has 0 saturated carbocycles. The largest absolute Gasteiger partial charge is 0.356 e. The maximum atomic E-state index is 4.30. The van der Waals surface area contributed by atoms with Gasteiger partial charge in [-0.15, -0.1) is 0 Å². The number of likely N-dealkylation sites (N-methyl/N-ethyl adjacent to an activating group) is 1. The molecule has 0 aromatic heterocycles. The van der Waals surface area contributed by atoms with E-state index in [0.29, 0.717) is 6.04 Å². The fourth-order valence-corrected chi connectivity index (χ4v) is 2.93. The van der Waals surface area contributed by atoms with Gasteiger partial charge in [-0.1, -0.05) is 0 Å². The summed E-state index contributed by atoms with van der Waals surface area (Å²) in [5.74, 6) is 2.17. The average Bonchev–Trinajstić information content (AvgIpc) is 2.50. The zero-order chi connectivity index (χ0) is 15.5. The first-order valence-electron chi connectivity index (χ1n) is 8.03. The standard InChI is InChI=1S/C15H33N5S/c1-14(20-10-8-19(3)9-11-20)13-18-15(16-2)17-7-5-6-12-21-4/h14H,5-13H2,1-4H3,(H2,16,17,18). The highest BCUT2D eigenvalue weighted by atomic mass is 32.2. The van der Waals surface area contributed by atoms with Gasteiger partial charge in [0.15, 0.2) is 5.96 Å². The Hall–Kier alpha value is -0.460. The molecule has 1 rings (SSSR count). The van der Waals surface area contributed by atoms with Crippen molar-refractivity contribution in [1.82, 2.24) is 20.4 Å². The zero-order valence-electron chi connectivity index (χ0n) is 14.2. The van der Waals surface area contributed by atoms with Crippen molar-refractivity contribution in [3.63, 3.8) is 0 Å². The number of piperazine rings is 1. The second kappa shape index (κ2) is 11.2. The van der Waals surface area contributed by atoms with Crippen molar-refractivity contribution in [2.45, 2.75) is 25.8 Å². The Bertz CT molecular complexity index is 290. The van der Waals surface area contributed by atoms with E-state index in [2.05, 4.69) is 45.7 Å². The van der Waals surface area contributed by atoms with Crippen LogP contribution in [0.5, 0.6) is 0 Å². The third-order valence-corrected chi connectivity index (χ3v) is 4.71. The van der Waals surface area contributed by atoms with Crippen LogP contribution in [0.4, 0.5) is 0 Å². The first-order valence-corrected chi connectivity index (χ1v) is 9.42. The van der Waals surface area contributed by atoms with Gasteiger partial charge in [-0.2, -0.15) is 11.8 Å². The van der Waals surface area contributed by atoms with E-state index in [0.717, 1.165) is 19.0 Å². The summed E-state index contributed by atoms with van der Waals surface area (Å²) in [5, 5.41) is 6.84. The molecule has 5 nitrogen and oxygen atoms in total. The van der Waals surface area contributed by atoms with Crippen LogP contribution in [0.2, 0.25) is 0 Å². The zero-order valence-corrected chi connectivity index (χ0v) is 15.0. The number of hydrogen-bond donors (Lipinski definition) is 2. The van der Waals surface area contributed by atoms with Crippen LogP contribution in [-0.4, -0.2) is 87.2 Å². The summed E-state index contributed by atoms with van der Waals surface area (Å²) in [4.78, 5) is 9.25. The van der Waals surface area contributed by atoms with Gasteiger partial charge in [0, 0.05) is 52.4 Å². The van der Waals surface area contributed by atoms with Crippen LogP contribution in [0.25, 0.3) is 0 Å². The summed E-state index contributed by atoms with van der Waals surface area (Å²) >= 11 is 1.91. The van der Waals surface area contributed by atoms with E-state index in [-0.39, 0.29) is 0 Å². The Labute approximate surface area is 134 Å². The van der Waals surface area contributed by atoms with Crippen LogP contribution in [0.1, 0.15) is 19.8 Å². The van der Waals surface area contributed by atoms with Crippen molar-refractivity contribution < 1.29 is 0 Å². The number of aliphatic imine (C=N–C) groups is 1. The van der Waals surface area contributed by atoms with Crippen LogP contribution >= 0.6 is 11.8 Å². The topological polar surface area (TPSA) is 42.9 Å². The summed E-state index contributed by atoms with van der Waals surface area (Å²) in [6.07, 6.45) is 4.63. The van der Waals surface area contributed by atoms with Gasteiger partial charge in [0.1, 0.15) is 0 Å². The van der Waals surface area contributed by atoms with E-state index < -0.39 is 0 Å². The molecule has 0 aliphatic carbocycles. The summed E-state index contributed by atoms with van der Waals surface area (Å²) in [7, 11) is 4.04. The normalized spacial score (nSPS) is 19.5. The van der Waals surface area contributed by atoms with E-state index in [1.165, 1.54) is 44.8 Å². The molecule has 0 spiro atoms. The summed E-state index contributed by atoms with van der Waals surface area (Å²) < 4.78 is 0. The fraction of sp³-hybridized carbons (Fsp3) is 0.933. The number of unbranched alkanes of at least 4 members (excludes halogenated alkanes) is 1. The van der Waals surface area contributed by atoms with Crippen molar-refractivity contribution in [1.29, 1.82) is 0 Å². The van der Waals surface area contributed by atoms with Crippen molar-refractivity contribution >= 4 is 17.7 Å². The van der Waals surface area contributed by atoms with Gasteiger partial charge in [-0.3, -0.25) is 9.89 Å². The molecular formula is C15H33N5S. The van der Waals surface area contributed by atoms with Crippen LogP contribution in [0, 0.1) is 0 Å². The molecule has 1 aliphatic rings. The van der Waals surface area contributed by atoms with Gasteiger partial charge in [0.05, 0.1) is 0 Å². The number of hydrogen-bond acceptors (Lipinski definition) is 4. The highest BCUT2D eigenvalue weighted by Gasteiger charge is 2.18. The van der Waals surface area contributed by atoms with Crippen molar-refractivity contribution in [2.24, 2.45) is 4.99 Å². The van der Waals surface area contributed by atoms with E-state index in [1.54, 1.807) is 0 Å². The lowest BCUT2D eigenvalue weighted by Gasteiger charge is -2.36. The Balaban J connectivity index is 2.15. The average molecular weight is 316 g/mol. The number of guanidine groups is 1. The predicted octanol–water partition coefficient (Wildman–Crippen LogP) is 0.931. The highest BCUT2D eigenvalue weighted by Crippen LogP contribution is 2.04. The molecule has 0 aromatic carbocycles. The van der Waals surface area contributed by atoms with Crippen LogP contribution in [-0.2, 0) is 0 Å². The molecule has 1 fully saturated rings. The molecule has 1 unspecified atom stereocenters. The molecule has 0 aromatic rings. The fourth-order valence-electron chi connectivity index (χ4n) is 2.43. The molecule has 1 aliphatic heterocycles. The van der Waals surface area contributed by atoms with Gasteiger partial charge in [-0.05, 0) is 38.8 Å². The minimum atomic E-state index is 0.550. The quantitative estimate of drug-likeness (QED) is 0.396. The predicted molar refractivity (Wildman–Crippen MR) is 95.5 cm³/mol. The second-order valence-corrected chi connectivity index (χ2v) is 6.75. The van der Waals surface area contributed by atoms with Gasteiger partial charge in [-0.25, -0.2) is 0 Å². The minimum absolute atomic E-state index is 0.550. The van der Waals surface area contributed by atoms with Gasteiger partial charge >= 0.3 is 0 Å². The number of nitrogens with zero attached hydrogens (tertiary/aromatic N) is 3. The Kier molecular flexibility index (Phi) is 9.87. The van der Waals surface area contributed by atoms with Crippen molar-refractivity contribution in [3.05, 3.63) is 0 Å². The molecule has 0 amide bonds. The van der Waals surface area contributed by atoms with E-state index in [9.17, 15) is 0 Å². The molecular weight excluding hydrogens is 282 g/mol. The van der Waals surface area contributed by atoms with Gasteiger partial charge in [0.25, 0.3) is 0 Å². The molecule has 1 saturated heterocycles. The number of thioether (sulfide) groups is 1. The molecule has 21 heavy (non-hydrogen) atoms. The molecule has 1 heterocycles. The van der Waals surface area contributed by atoms with Crippen molar-refractivity contribution in [3.8, 4) is 0 Å². The second-order valence-electron chi connectivity index (χ2n) is 5.77. The lowest BCUT2D eigenvalue weighted by Crippen LogP contribution is -2.52. The Morgan fingerprint density at radius 1 is 1.19 bits per heavy atom. The maximum Gasteiger partial charge on any atom is 0.191 e. The highest BCUT2D eigenvalue weighted by molar-refractivity contribution is 7.98. The molecule has 124 valence electrons. The summed E-state index contributed by atoms with van der Waals surface area (Å²) in [5.41, 5.74) is 0. The monoisotopic (exact) mass is 315 g/mol. The SMILES string of the molecule is CN=C(NCCCCSC)NCC(C)N1CCN(C)CC1. The summed E-state index contributed by atoms with van der Waals surface area (Å²) in [6.45, 7) is 8.93. The number of nitrogens with one attached hydrogen (secondary N) is 2. The third kappa shape index (κ3) is 7.93. The molecule has 1 atom stereocenters. The van der Waals surface area contributed by atoms with Crippen LogP contribution in [0.3, 0.4) is 0 Å². The number of rotatable bonds is 8. The Morgan fingerprint density at radius 3 is 2.52 bits per heavy atom. The van der Waals surface area contributed by atoms with Crippen LogP contribution < -0.4 is 10.6 Å². The lowest BCUT2D eigenvalue weighted by atomic mass is 10.2. The molecule has 6 heteroatoms. The summed E-state index contributed by atoms with van der Waals surface area (Å²) in [6, 6.07) is 0.550.